The zero-order chi connectivity index (χ0) is 19.6. The molecular weight excluding hydrogens is 368 g/mol. The van der Waals surface area contributed by atoms with Crippen molar-refractivity contribution in [3.8, 4) is 0 Å². The van der Waals surface area contributed by atoms with Crippen LogP contribution in [-0.2, 0) is 4.79 Å². The average Bonchev–Trinajstić information content (AvgIpc) is 3.14. The van der Waals surface area contributed by atoms with Gasteiger partial charge in [0.25, 0.3) is 5.91 Å². The van der Waals surface area contributed by atoms with Crippen LogP contribution in [0.5, 0.6) is 0 Å². The van der Waals surface area contributed by atoms with Crippen molar-refractivity contribution in [1.82, 2.24) is 14.9 Å². The third kappa shape index (κ3) is 4.08. The van der Waals surface area contributed by atoms with E-state index in [1.807, 2.05) is 32.0 Å². The lowest BCUT2D eigenvalue weighted by Crippen LogP contribution is -2.44. The number of aromatic nitrogens is 2. The fourth-order valence-electron chi connectivity index (χ4n) is 2.60. The Morgan fingerprint density at radius 3 is 2.48 bits per heavy atom. The molecule has 1 aromatic heterocycles. The van der Waals surface area contributed by atoms with Gasteiger partial charge in [-0.15, -0.1) is 11.8 Å². The third-order valence-electron chi connectivity index (χ3n) is 4.31. The normalized spacial score (nSPS) is 16.2. The molecule has 0 saturated carbocycles. The second-order valence-corrected chi connectivity index (χ2v) is 7.17. The number of nitrogens with zero attached hydrogens (tertiary/aromatic N) is 3. The van der Waals surface area contributed by atoms with Crippen LogP contribution in [0.25, 0.3) is 0 Å². The van der Waals surface area contributed by atoms with Crippen molar-refractivity contribution in [2.75, 3.05) is 16.9 Å². The van der Waals surface area contributed by atoms with Crippen LogP contribution in [0.3, 0.4) is 0 Å². The first-order chi connectivity index (χ1) is 12.9. The number of carbonyl (C=O) groups is 3. The predicted molar refractivity (Wildman–Crippen MR) is 101 cm³/mol. The molecule has 140 valence electrons. The largest absolute Gasteiger partial charge is 0.476 e. The van der Waals surface area contributed by atoms with Gasteiger partial charge >= 0.3 is 5.97 Å². The number of thioether (sulfide) groups is 1. The van der Waals surface area contributed by atoms with Crippen molar-refractivity contribution in [3.05, 3.63) is 53.1 Å². The van der Waals surface area contributed by atoms with Crippen LogP contribution < -0.4 is 5.32 Å². The quantitative estimate of drug-likeness (QED) is 0.826. The summed E-state index contributed by atoms with van der Waals surface area (Å²) in [5, 5.41) is 11.7. The fraction of sp³-hybridized carbons (Fsp3) is 0.278. The van der Waals surface area contributed by atoms with Gasteiger partial charge in [0.15, 0.2) is 5.69 Å². The van der Waals surface area contributed by atoms with E-state index in [9.17, 15) is 14.4 Å². The highest BCUT2D eigenvalue weighted by Crippen LogP contribution is 2.24. The fourth-order valence-corrected chi connectivity index (χ4v) is 3.75. The van der Waals surface area contributed by atoms with Crippen LogP contribution in [0.4, 0.5) is 5.69 Å². The van der Waals surface area contributed by atoms with Gasteiger partial charge in [-0.1, -0.05) is 6.07 Å². The second kappa shape index (κ2) is 7.75. The SMILES string of the molecule is Cc1ccc(NC(=O)C2CSCN2C(=O)c2cnc(C(=O)O)cn2)cc1C. The highest BCUT2D eigenvalue weighted by atomic mass is 32.2. The number of aromatic carboxylic acids is 1. The van der Waals surface area contributed by atoms with Crippen LogP contribution >= 0.6 is 11.8 Å². The average molecular weight is 386 g/mol. The van der Waals surface area contributed by atoms with Crippen molar-refractivity contribution in [3.63, 3.8) is 0 Å². The van der Waals surface area contributed by atoms with E-state index in [4.69, 9.17) is 5.11 Å². The molecule has 8 nitrogen and oxygen atoms in total. The molecule has 0 spiro atoms. The molecule has 1 aliphatic rings. The molecule has 1 unspecified atom stereocenters. The molecule has 1 aromatic carbocycles. The number of hydrogen-bond acceptors (Lipinski definition) is 6. The molecule has 1 saturated heterocycles. The van der Waals surface area contributed by atoms with E-state index in [0.29, 0.717) is 17.3 Å². The lowest BCUT2D eigenvalue weighted by molar-refractivity contribution is -0.119. The minimum atomic E-state index is -1.22. The molecule has 1 aliphatic heterocycles. The van der Waals surface area contributed by atoms with Gasteiger partial charge in [0.1, 0.15) is 11.7 Å². The third-order valence-corrected chi connectivity index (χ3v) is 5.32. The van der Waals surface area contributed by atoms with Crippen molar-refractivity contribution in [2.45, 2.75) is 19.9 Å². The summed E-state index contributed by atoms with van der Waals surface area (Å²) in [6.45, 7) is 3.96. The van der Waals surface area contributed by atoms with E-state index in [1.54, 1.807) is 0 Å². The lowest BCUT2D eigenvalue weighted by atomic mass is 10.1. The van der Waals surface area contributed by atoms with E-state index >= 15 is 0 Å². The highest BCUT2D eigenvalue weighted by Gasteiger charge is 2.35. The number of carboxylic acid groups (broad SMARTS) is 1. The molecule has 3 rings (SSSR count). The lowest BCUT2D eigenvalue weighted by Gasteiger charge is -2.22. The molecule has 0 aliphatic carbocycles. The minimum absolute atomic E-state index is 0.00600. The Kier molecular flexibility index (Phi) is 5.41. The zero-order valence-electron chi connectivity index (χ0n) is 14.8. The summed E-state index contributed by atoms with van der Waals surface area (Å²) in [7, 11) is 0. The van der Waals surface area contributed by atoms with Crippen LogP contribution in [-0.4, -0.2) is 55.4 Å². The summed E-state index contributed by atoms with van der Waals surface area (Å²) < 4.78 is 0. The van der Waals surface area contributed by atoms with Crippen LogP contribution in [0.15, 0.2) is 30.6 Å². The van der Waals surface area contributed by atoms with Gasteiger partial charge in [-0.25, -0.2) is 14.8 Å². The summed E-state index contributed by atoms with van der Waals surface area (Å²) in [5.74, 6) is -1.12. The van der Waals surface area contributed by atoms with Gasteiger partial charge in [-0.3, -0.25) is 9.59 Å². The number of aryl methyl sites for hydroxylation is 2. The Morgan fingerprint density at radius 1 is 1.15 bits per heavy atom. The first-order valence-corrected chi connectivity index (χ1v) is 9.34. The topological polar surface area (TPSA) is 112 Å². The molecule has 2 N–H and O–H groups in total. The number of hydrogen-bond donors (Lipinski definition) is 2. The molecule has 0 bridgehead atoms. The Labute approximate surface area is 160 Å². The molecule has 2 aromatic rings. The molecule has 0 radical (unpaired) electrons. The van der Waals surface area contributed by atoms with Crippen LogP contribution in [0.2, 0.25) is 0 Å². The number of carbonyl (C=O) groups excluding carboxylic acids is 2. The Bertz CT molecular complexity index is 901. The van der Waals surface area contributed by atoms with E-state index in [1.165, 1.54) is 16.7 Å². The van der Waals surface area contributed by atoms with Crippen molar-refractivity contribution in [2.24, 2.45) is 0 Å². The maximum atomic E-state index is 12.7. The number of amides is 2. The highest BCUT2D eigenvalue weighted by molar-refractivity contribution is 7.99. The summed E-state index contributed by atoms with van der Waals surface area (Å²) in [6.07, 6.45) is 2.15. The molecule has 9 heteroatoms. The van der Waals surface area contributed by atoms with E-state index in [0.717, 1.165) is 23.5 Å². The zero-order valence-corrected chi connectivity index (χ0v) is 15.6. The summed E-state index contributed by atoms with van der Waals surface area (Å²) in [6, 6.07) is 5.00. The maximum Gasteiger partial charge on any atom is 0.356 e. The van der Waals surface area contributed by atoms with Gasteiger partial charge in [0.2, 0.25) is 5.91 Å². The van der Waals surface area contributed by atoms with Crippen molar-refractivity contribution >= 4 is 35.2 Å². The van der Waals surface area contributed by atoms with E-state index < -0.39 is 17.9 Å². The van der Waals surface area contributed by atoms with Gasteiger partial charge in [0.05, 0.1) is 18.3 Å². The summed E-state index contributed by atoms with van der Waals surface area (Å²) in [4.78, 5) is 45.2. The molecule has 1 atom stereocenters. The molecule has 1 fully saturated rings. The van der Waals surface area contributed by atoms with Gasteiger partial charge in [-0.05, 0) is 37.1 Å². The summed E-state index contributed by atoms with van der Waals surface area (Å²) in [5.41, 5.74) is 2.63. The maximum absolute atomic E-state index is 12.7. The van der Waals surface area contributed by atoms with Crippen LogP contribution in [0.1, 0.15) is 32.1 Å². The molecular formula is C18H18N4O4S. The summed E-state index contributed by atoms with van der Waals surface area (Å²) >= 11 is 1.47. The van der Waals surface area contributed by atoms with Crippen molar-refractivity contribution < 1.29 is 19.5 Å². The van der Waals surface area contributed by atoms with Gasteiger partial charge in [0, 0.05) is 11.4 Å². The standard InChI is InChI=1S/C18H18N4O4S/c1-10-3-4-12(5-11(10)2)21-16(23)15-8-27-9-22(15)17(24)13-6-20-14(7-19-13)18(25)26/h3-7,15H,8-9H2,1-2H3,(H,21,23)(H,25,26). The van der Waals surface area contributed by atoms with Crippen molar-refractivity contribution in [1.29, 1.82) is 0 Å². The smallest absolute Gasteiger partial charge is 0.356 e. The van der Waals surface area contributed by atoms with Gasteiger partial charge in [-0.2, -0.15) is 0 Å². The first kappa shape index (κ1) is 18.8. The minimum Gasteiger partial charge on any atom is -0.476 e. The molecule has 2 heterocycles. The first-order valence-electron chi connectivity index (χ1n) is 8.19. The second-order valence-electron chi connectivity index (χ2n) is 6.17. The van der Waals surface area contributed by atoms with Crippen LogP contribution in [0, 0.1) is 13.8 Å². The number of rotatable bonds is 4. The Hall–Kier alpha value is -2.94. The Balaban J connectivity index is 1.73. The molecule has 27 heavy (non-hydrogen) atoms. The molecule has 2 amide bonds. The monoisotopic (exact) mass is 386 g/mol. The number of nitrogens with one attached hydrogen (secondary N) is 1. The van der Waals surface area contributed by atoms with E-state index in [-0.39, 0.29) is 17.3 Å². The number of carboxylic acids is 1. The Morgan fingerprint density at radius 2 is 1.85 bits per heavy atom. The van der Waals surface area contributed by atoms with Gasteiger partial charge < -0.3 is 15.3 Å². The predicted octanol–water partition coefficient (Wildman–Crippen LogP) is 1.95. The number of benzene rings is 1. The van der Waals surface area contributed by atoms with E-state index in [2.05, 4.69) is 15.3 Å². The number of anilines is 1.